The molecule has 0 aromatic rings. The molecule has 0 aromatic carbocycles. The van der Waals surface area contributed by atoms with Crippen molar-refractivity contribution >= 4 is 15.9 Å². The number of alkyl halides is 1. The summed E-state index contributed by atoms with van der Waals surface area (Å²) in [6, 6.07) is 0. The lowest BCUT2D eigenvalue weighted by Gasteiger charge is -2.40. The number of ether oxygens (including phenoxy) is 1. The van der Waals surface area contributed by atoms with Gasteiger partial charge in [0.25, 0.3) is 0 Å². The molecule has 0 amide bonds. The van der Waals surface area contributed by atoms with Crippen molar-refractivity contribution < 1.29 is 4.74 Å². The fraction of sp³-hybridized carbons (Fsp3) is 1.00. The summed E-state index contributed by atoms with van der Waals surface area (Å²) in [5, 5.41) is 1.03. The van der Waals surface area contributed by atoms with Crippen molar-refractivity contribution in [2.45, 2.75) is 76.4 Å². The van der Waals surface area contributed by atoms with Crippen LogP contribution in [0.3, 0.4) is 0 Å². The minimum Gasteiger partial charge on any atom is -0.371 e. The van der Waals surface area contributed by atoms with Gasteiger partial charge in [-0.05, 0) is 44.4 Å². The third kappa shape index (κ3) is 3.22. The molecule has 0 aliphatic heterocycles. The normalized spacial score (nSPS) is 34.9. The van der Waals surface area contributed by atoms with Crippen LogP contribution in [0.5, 0.6) is 0 Å². The average Bonchev–Trinajstić information content (AvgIpc) is 2.33. The Labute approximate surface area is 108 Å². The highest BCUT2D eigenvalue weighted by Gasteiger charge is 2.35. The van der Waals surface area contributed by atoms with Crippen LogP contribution in [-0.4, -0.2) is 17.0 Å². The summed E-state index contributed by atoms with van der Waals surface area (Å²) in [6.07, 6.45) is 12.5. The fourth-order valence-corrected chi connectivity index (χ4v) is 3.87. The first-order valence-corrected chi connectivity index (χ1v) is 8.10. The molecule has 0 radical (unpaired) electrons. The minimum absolute atomic E-state index is 0.184. The van der Waals surface area contributed by atoms with E-state index >= 15 is 0 Å². The van der Waals surface area contributed by atoms with Crippen LogP contribution in [0.2, 0.25) is 0 Å². The molecule has 0 heterocycles. The van der Waals surface area contributed by atoms with E-state index in [1.54, 1.807) is 0 Å². The maximum Gasteiger partial charge on any atom is 0.0782 e. The zero-order valence-corrected chi connectivity index (χ0v) is 12.1. The van der Waals surface area contributed by atoms with Gasteiger partial charge in [0.2, 0.25) is 0 Å². The molecule has 0 saturated heterocycles. The number of rotatable bonds is 3. The Morgan fingerprint density at radius 1 is 1.06 bits per heavy atom. The quantitative estimate of drug-likeness (QED) is 0.685. The van der Waals surface area contributed by atoms with E-state index < -0.39 is 0 Å². The first kappa shape index (κ1) is 12.9. The molecular weight excluding hydrogens is 264 g/mol. The Kier molecular flexibility index (Phi) is 4.72. The molecule has 2 aliphatic rings. The molecule has 0 spiro atoms. The molecule has 0 N–H and O–H groups in total. The van der Waals surface area contributed by atoms with Gasteiger partial charge in [0, 0.05) is 5.33 Å². The molecule has 2 saturated carbocycles. The molecule has 16 heavy (non-hydrogen) atoms. The maximum atomic E-state index is 6.47. The van der Waals surface area contributed by atoms with Crippen molar-refractivity contribution in [3.05, 3.63) is 0 Å². The van der Waals surface area contributed by atoms with Crippen LogP contribution in [0.4, 0.5) is 0 Å². The molecule has 2 rings (SSSR count). The Morgan fingerprint density at radius 2 is 1.69 bits per heavy atom. The smallest absolute Gasteiger partial charge is 0.0782 e. The van der Waals surface area contributed by atoms with Crippen molar-refractivity contribution in [2.75, 3.05) is 5.33 Å². The van der Waals surface area contributed by atoms with E-state index in [9.17, 15) is 0 Å². The highest BCUT2D eigenvalue weighted by Crippen LogP contribution is 2.37. The summed E-state index contributed by atoms with van der Waals surface area (Å²) in [7, 11) is 0. The highest BCUT2D eigenvalue weighted by atomic mass is 79.9. The van der Waals surface area contributed by atoms with Crippen molar-refractivity contribution in [1.29, 1.82) is 0 Å². The van der Waals surface area contributed by atoms with Gasteiger partial charge in [-0.3, -0.25) is 0 Å². The summed E-state index contributed by atoms with van der Waals surface area (Å²) in [4.78, 5) is 0. The van der Waals surface area contributed by atoms with E-state index in [-0.39, 0.29) is 5.60 Å². The molecule has 1 nitrogen and oxygen atoms in total. The summed E-state index contributed by atoms with van der Waals surface area (Å²) < 4.78 is 6.47. The Bertz CT molecular complexity index is 203. The second-order valence-corrected chi connectivity index (χ2v) is 6.44. The zero-order chi connectivity index (χ0) is 11.4. The van der Waals surface area contributed by atoms with E-state index in [1.807, 2.05) is 0 Å². The highest BCUT2D eigenvalue weighted by molar-refractivity contribution is 9.09. The fourth-order valence-electron chi connectivity index (χ4n) is 3.18. The van der Waals surface area contributed by atoms with Crippen LogP contribution >= 0.6 is 15.9 Å². The second kappa shape index (κ2) is 5.86. The summed E-state index contributed by atoms with van der Waals surface area (Å²) >= 11 is 3.68. The van der Waals surface area contributed by atoms with E-state index in [1.165, 1.54) is 57.8 Å². The summed E-state index contributed by atoms with van der Waals surface area (Å²) in [6.45, 7) is 2.37. The zero-order valence-electron chi connectivity index (χ0n) is 10.5. The molecule has 2 heteroatoms. The SMILES string of the molecule is CC1CCC(OC2(CBr)CCCCC2)CC1. The predicted molar refractivity (Wildman–Crippen MR) is 72.1 cm³/mol. The Morgan fingerprint density at radius 3 is 2.25 bits per heavy atom. The Hall–Kier alpha value is 0.440. The van der Waals surface area contributed by atoms with E-state index in [2.05, 4.69) is 22.9 Å². The van der Waals surface area contributed by atoms with E-state index in [0.717, 1.165) is 11.2 Å². The summed E-state index contributed by atoms with van der Waals surface area (Å²) in [5.74, 6) is 0.922. The lowest BCUT2D eigenvalue weighted by atomic mass is 9.84. The number of hydrogen-bond donors (Lipinski definition) is 0. The van der Waals surface area contributed by atoms with Crippen LogP contribution in [0.25, 0.3) is 0 Å². The minimum atomic E-state index is 0.184. The molecule has 2 aliphatic carbocycles. The largest absolute Gasteiger partial charge is 0.371 e. The van der Waals surface area contributed by atoms with Gasteiger partial charge < -0.3 is 4.74 Å². The van der Waals surface area contributed by atoms with Gasteiger partial charge in [-0.25, -0.2) is 0 Å². The molecule has 0 unspecified atom stereocenters. The maximum absolute atomic E-state index is 6.47. The molecular formula is C14H25BrO. The molecule has 2 fully saturated rings. The van der Waals surface area contributed by atoms with Gasteiger partial charge in [0.05, 0.1) is 11.7 Å². The predicted octanol–water partition coefficient (Wildman–Crippen LogP) is 4.68. The van der Waals surface area contributed by atoms with E-state index in [4.69, 9.17) is 4.74 Å². The summed E-state index contributed by atoms with van der Waals surface area (Å²) in [5.41, 5.74) is 0.184. The average molecular weight is 289 g/mol. The first-order chi connectivity index (χ1) is 7.74. The van der Waals surface area contributed by atoms with Crippen molar-refractivity contribution in [1.82, 2.24) is 0 Å². The van der Waals surface area contributed by atoms with Gasteiger partial charge in [-0.1, -0.05) is 42.1 Å². The molecule has 0 atom stereocenters. The van der Waals surface area contributed by atoms with Gasteiger partial charge in [-0.15, -0.1) is 0 Å². The third-order valence-electron chi connectivity index (χ3n) is 4.39. The van der Waals surface area contributed by atoms with Crippen LogP contribution in [0.1, 0.15) is 64.7 Å². The van der Waals surface area contributed by atoms with Gasteiger partial charge in [-0.2, -0.15) is 0 Å². The number of halogens is 1. The second-order valence-electron chi connectivity index (χ2n) is 5.88. The van der Waals surface area contributed by atoms with Gasteiger partial charge in [0.1, 0.15) is 0 Å². The van der Waals surface area contributed by atoms with Gasteiger partial charge >= 0.3 is 0 Å². The number of hydrogen-bond acceptors (Lipinski definition) is 1. The monoisotopic (exact) mass is 288 g/mol. The Balaban J connectivity index is 1.86. The molecule has 0 aromatic heterocycles. The topological polar surface area (TPSA) is 9.23 Å². The third-order valence-corrected chi connectivity index (χ3v) is 5.41. The lowest BCUT2D eigenvalue weighted by molar-refractivity contribution is -0.112. The van der Waals surface area contributed by atoms with Crippen LogP contribution in [-0.2, 0) is 4.74 Å². The van der Waals surface area contributed by atoms with Crippen molar-refractivity contribution in [3.63, 3.8) is 0 Å². The molecule has 0 bridgehead atoms. The van der Waals surface area contributed by atoms with Crippen LogP contribution in [0.15, 0.2) is 0 Å². The standard InChI is InChI=1S/C14H25BrO/c1-12-5-7-13(8-6-12)16-14(11-15)9-3-2-4-10-14/h12-13H,2-11H2,1H3. The van der Waals surface area contributed by atoms with Gasteiger partial charge in [0.15, 0.2) is 0 Å². The first-order valence-electron chi connectivity index (χ1n) is 6.98. The van der Waals surface area contributed by atoms with Crippen molar-refractivity contribution in [2.24, 2.45) is 5.92 Å². The van der Waals surface area contributed by atoms with Crippen LogP contribution in [0, 0.1) is 5.92 Å². The lowest BCUT2D eigenvalue weighted by Crippen LogP contribution is -2.41. The molecule has 94 valence electrons. The van der Waals surface area contributed by atoms with E-state index in [0.29, 0.717) is 6.10 Å². The van der Waals surface area contributed by atoms with Crippen LogP contribution < -0.4 is 0 Å². The van der Waals surface area contributed by atoms with Crippen molar-refractivity contribution in [3.8, 4) is 0 Å².